The Morgan fingerprint density at radius 2 is 1.96 bits per heavy atom. The van der Waals surface area contributed by atoms with Crippen LogP contribution in [0.2, 0.25) is 5.02 Å². The van der Waals surface area contributed by atoms with Crippen LogP contribution >= 0.6 is 23.4 Å². The van der Waals surface area contributed by atoms with E-state index in [0.717, 1.165) is 21.2 Å². The van der Waals surface area contributed by atoms with E-state index in [0.29, 0.717) is 18.1 Å². The third-order valence-corrected chi connectivity index (χ3v) is 5.58. The van der Waals surface area contributed by atoms with Crippen molar-refractivity contribution in [2.45, 2.75) is 9.79 Å². The molecule has 25 heavy (non-hydrogen) atoms. The molecule has 0 aromatic heterocycles. The van der Waals surface area contributed by atoms with Gasteiger partial charge in [-0.2, -0.15) is 0 Å². The van der Waals surface area contributed by atoms with Crippen LogP contribution in [0.4, 0.5) is 11.4 Å². The van der Waals surface area contributed by atoms with Gasteiger partial charge in [0.25, 0.3) is 0 Å². The molecular weight excluding hydrogens is 358 g/mol. The monoisotopic (exact) mass is 373 g/mol. The lowest BCUT2D eigenvalue weighted by molar-refractivity contribution is -0.125. The van der Waals surface area contributed by atoms with Gasteiger partial charge in [0.2, 0.25) is 11.8 Å². The zero-order valence-electron chi connectivity index (χ0n) is 13.4. The number of benzene rings is 2. The van der Waals surface area contributed by atoms with Gasteiger partial charge in [0.1, 0.15) is 0 Å². The minimum atomic E-state index is -0.0639. The molecule has 4 rings (SSSR count). The number of hydrogen-bond acceptors (Lipinski definition) is 4. The lowest BCUT2D eigenvalue weighted by atomic mass is 10.2. The maximum atomic E-state index is 13.1. The molecule has 2 aromatic carbocycles. The summed E-state index contributed by atoms with van der Waals surface area (Å²) in [6.45, 7) is 1.68. The highest BCUT2D eigenvalue weighted by molar-refractivity contribution is 7.99. The summed E-state index contributed by atoms with van der Waals surface area (Å²) in [5.41, 5.74) is 1.65. The van der Waals surface area contributed by atoms with Crippen molar-refractivity contribution in [3.63, 3.8) is 0 Å². The maximum Gasteiger partial charge on any atom is 0.245 e. The fraction of sp³-hybridized carbons (Fsp3) is 0.222. The molecule has 0 saturated carbocycles. The minimum absolute atomic E-state index is 0.0444. The van der Waals surface area contributed by atoms with Gasteiger partial charge in [-0.3, -0.25) is 19.4 Å². The fourth-order valence-electron chi connectivity index (χ4n) is 3.09. The average molecular weight is 374 g/mol. The lowest BCUT2D eigenvalue weighted by Crippen LogP contribution is -2.50. The number of hydrogen-bond donors (Lipinski definition) is 1. The van der Waals surface area contributed by atoms with Gasteiger partial charge >= 0.3 is 0 Å². The summed E-state index contributed by atoms with van der Waals surface area (Å²) in [4.78, 5) is 30.3. The van der Waals surface area contributed by atoms with Crippen LogP contribution in [0.1, 0.15) is 0 Å². The topological polar surface area (TPSA) is 52.7 Å². The van der Waals surface area contributed by atoms with Gasteiger partial charge in [0.15, 0.2) is 0 Å². The number of para-hydroxylation sites is 1. The highest BCUT2D eigenvalue weighted by atomic mass is 35.5. The average Bonchev–Trinajstić information content (AvgIpc) is 2.59. The Hall–Kier alpha value is -2.02. The third kappa shape index (κ3) is 3.25. The first-order valence-electron chi connectivity index (χ1n) is 8.00. The Balaban J connectivity index is 1.69. The summed E-state index contributed by atoms with van der Waals surface area (Å²) >= 11 is 7.80. The highest BCUT2D eigenvalue weighted by Gasteiger charge is 2.30. The minimum Gasteiger partial charge on any atom is -0.354 e. The number of nitrogens with one attached hydrogen (secondary N) is 1. The Kier molecular flexibility index (Phi) is 4.41. The SMILES string of the molecule is O=C1CN(CC(=O)N2c3ccccc3Sc3ccc(Cl)cc32)CCN1. The molecule has 0 unspecified atom stereocenters. The smallest absolute Gasteiger partial charge is 0.245 e. The Morgan fingerprint density at radius 3 is 2.80 bits per heavy atom. The van der Waals surface area contributed by atoms with E-state index in [2.05, 4.69) is 5.32 Å². The molecule has 2 aliphatic heterocycles. The number of piperazine rings is 1. The van der Waals surface area contributed by atoms with E-state index in [9.17, 15) is 9.59 Å². The summed E-state index contributed by atoms with van der Waals surface area (Å²) in [5, 5.41) is 3.37. The van der Waals surface area contributed by atoms with Crippen molar-refractivity contribution in [1.82, 2.24) is 10.2 Å². The van der Waals surface area contributed by atoms with Crippen LogP contribution in [0.15, 0.2) is 52.3 Å². The van der Waals surface area contributed by atoms with E-state index in [4.69, 9.17) is 11.6 Å². The second-order valence-electron chi connectivity index (χ2n) is 5.97. The first-order chi connectivity index (χ1) is 12.1. The summed E-state index contributed by atoms with van der Waals surface area (Å²) in [6.07, 6.45) is 0. The quantitative estimate of drug-likeness (QED) is 0.879. The molecule has 2 amide bonds. The van der Waals surface area contributed by atoms with Crippen molar-refractivity contribution in [2.75, 3.05) is 31.1 Å². The molecule has 0 aliphatic carbocycles. The maximum absolute atomic E-state index is 13.1. The van der Waals surface area contributed by atoms with Crippen LogP contribution in [0.3, 0.4) is 0 Å². The van der Waals surface area contributed by atoms with Gasteiger partial charge in [0, 0.05) is 27.9 Å². The lowest BCUT2D eigenvalue weighted by Gasteiger charge is -2.33. The van der Waals surface area contributed by atoms with Crippen LogP contribution in [0.5, 0.6) is 0 Å². The Labute approximate surface area is 154 Å². The number of fused-ring (bicyclic) bond motifs is 2. The van der Waals surface area contributed by atoms with E-state index in [-0.39, 0.29) is 24.9 Å². The largest absolute Gasteiger partial charge is 0.354 e. The van der Waals surface area contributed by atoms with E-state index >= 15 is 0 Å². The van der Waals surface area contributed by atoms with Crippen molar-refractivity contribution in [2.24, 2.45) is 0 Å². The standard InChI is InChI=1S/C18H16ClN3O2S/c19-12-5-6-16-14(9-12)22(13-3-1-2-4-15(13)25-16)18(24)11-21-8-7-20-17(23)10-21/h1-6,9H,7-8,10-11H2,(H,20,23). The van der Waals surface area contributed by atoms with Crippen LogP contribution in [0.25, 0.3) is 0 Å². The normalized spacial score (nSPS) is 16.8. The number of rotatable bonds is 2. The molecule has 2 aliphatic rings. The predicted molar refractivity (Wildman–Crippen MR) is 98.6 cm³/mol. The number of halogens is 1. The Bertz CT molecular complexity index is 858. The molecule has 1 saturated heterocycles. The number of carbonyl (C=O) groups excluding carboxylic acids is 2. The molecule has 5 nitrogen and oxygen atoms in total. The van der Waals surface area contributed by atoms with E-state index in [1.54, 1.807) is 16.7 Å². The summed E-state index contributed by atoms with van der Waals surface area (Å²) in [5.74, 6) is -0.108. The first-order valence-corrected chi connectivity index (χ1v) is 9.20. The van der Waals surface area contributed by atoms with E-state index in [1.165, 1.54) is 0 Å². The third-order valence-electron chi connectivity index (χ3n) is 4.21. The van der Waals surface area contributed by atoms with E-state index < -0.39 is 0 Å². The molecule has 0 atom stereocenters. The molecule has 0 spiro atoms. The molecule has 0 bridgehead atoms. The molecule has 128 valence electrons. The molecule has 0 radical (unpaired) electrons. The molecule has 2 heterocycles. The van der Waals surface area contributed by atoms with Gasteiger partial charge < -0.3 is 5.32 Å². The predicted octanol–water partition coefficient (Wildman–Crippen LogP) is 2.90. The highest BCUT2D eigenvalue weighted by Crippen LogP contribution is 2.48. The van der Waals surface area contributed by atoms with Crippen molar-refractivity contribution < 1.29 is 9.59 Å². The van der Waals surface area contributed by atoms with Crippen molar-refractivity contribution in [3.8, 4) is 0 Å². The van der Waals surface area contributed by atoms with Gasteiger partial charge in [-0.05, 0) is 30.3 Å². The van der Waals surface area contributed by atoms with Crippen LogP contribution in [0, 0.1) is 0 Å². The molecule has 7 heteroatoms. The van der Waals surface area contributed by atoms with Gasteiger partial charge in [-0.15, -0.1) is 0 Å². The summed E-state index contributed by atoms with van der Waals surface area (Å²) in [7, 11) is 0. The second kappa shape index (κ2) is 6.71. The number of anilines is 2. The number of nitrogens with zero attached hydrogens (tertiary/aromatic N) is 2. The van der Waals surface area contributed by atoms with Crippen LogP contribution in [-0.4, -0.2) is 42.9 Å². The van der Waals surface area contributed by atoms with Gasteiger partial charge in [-0.25, -0.2) is 0 Å². The molecule has 2 aromatic rings. The van der Waals surface area contributed by atoms with Crippen LogP contribution < -0.4 is 10.2 Å². The van der Waals surface area contributed by atoms with Crippen molar-refractivity contribution in [1.29, 1.82) is 0 Å². The zero-order chi connectivity index (χ0) is 17.4. The van der Waals surface area contributed by atoms with E-state index in [1.807, 2.05) is 47.4 Å². The Morgan fingerprint density at radius 1 is 1.16 bits per heavy atom. The number of carbonyl (C=O) groups is 2. The summed E-state index contributed by atoms with van der Waals surface area (Å²) < 4.78 is 0. The first kappa shape index (κ1) is 16.4. The van der Waals surface area contributed by atoms with Gasteiger partial charge in [0.05, 0.1) is 24.5 Å². The molecule has 1 fully saturated rings. The summed E-state index contributed by atoms with van der Waals surface area (Å²) in [6, 6.07) is 13.4. The fourth-order valence-corrected chi connectivity index (χ4v) is 4.29. The van der Waals surface area contributed by atoms with Crippen molar-refractivity contribution >= 4 is 46.6 Å². The zero-order valence-corrected chi connectivity index (χ0v) is 14.9. The van der Waals surface area contributed by atoms with Crippen molar-refractivity contribution in [3.05, 3.63) is 47.5 Å². The molecular formula is C18H16ClN3O2S. The second-order valence-corrected chi connectivity index (χ2v) is 7.49. The number of amides is 2. The van der Waals surface area contributed by atoms with Crippen LogP contribution in [-0.2, 0) is 9.59 Å². The van der Waals surface area contributed by atoms with Gasteiger partial charge in [-0.1, -0.05) is 35.5 Å². The molecule has 1 N–H and O–H groups in total.